The summed E-state index contributed by atoms with van der Waals surface area (Å²) in [5.74, 6) is -1.06. The van der Waals surface area contributed by atoms with E-state index in [1.54, 1.807) is 17.0 Å². The van der Waals surface area contributed by atoms with Crippen LogP contribution < -0.4 is 4.90 Å². The van der Waals surface area contributed by atoms with Crippen LogP contribution in [0.25, 0.3) is 5.69 Å². The topological polar surface area (TPSA) is 67.2 Å². The highest BCUT2D eigenvalue weighted by molar-refractivity contribution is 5.98. The number of nitrogens with zero attached hydrogens (tertiary/aromatic N) is 6. The summed E-state index contributed by atoms with van der Waals surface area (Å²) in [4.78, 5) is 16.7. The summed E-state index contributed by atoms with van der Waals surface area (Å²) in [7, 11) is 0. The molecule has 0 spiro atoms. The number of hydrogen-bond donors (Lipinski definition) is 0. The summed E-state index contributed by atoms with van der Waals surface area (Å²) in [6, 6.07) is 10.2. The molecule has 27 heavy (non-hydrogen) atoms. The molecule has 2 heterocycles. The smallest absolute Gasteiger partial charge is 0.256 e. The van der Waals surface area contributed by atoms with Gasteiger partial charge < -0.3 is 9.80 Å². The van der Waals surface area contributed by atoms with Crippen molar-refractivity contribution in [3.63, 3.8) is 0 Å². The molecule has 0 bridgehead atoms. The molecule has 2 aromatic carbocycles. The number of anilines is 1. The van der Waals surface area contributed by atoms with Gasteiger partial charge in [0, 0.05) is 31.9 Å². The maximum Gasteiger partial charge on any atom is 0.256 e. The fourth-order valence-corrected chi connectivity index (χ4v) is 3.14. The van der Waals surface area contributed by atoms with Crippen LogP contribution in [0, 0.1) is 11.6 Å². The lowest BCUT2D eigenvalue weighted by molar-refractivity contribution is 0.0746. The minimum absolute atomic E-state index is 0.206. The van der Waals surface area contributed by atoms with E-state index in [0.717, 1.165) is 5.69 Å². The standard InChI is InChI=1S/C18H16F2N6O/c19-13-1-4-15(5-2-13)24-7-9-25(10-8-24)18(27)16-11-14(20)3-6-17(16)26-12-21-22-23-26/h1-6,11-12H,7-10H2. The van der Waals surface area contributed by atoms with Gasteiger partial charge in [-0.05, 0) is 52.9 Å². The first kappa shape index (κ1) is 17.1. The van der Waals surface area contributed by atoms with Crippen LogP contribution in [-0.4, -0.2) is 57.2 Å². The van der Waals surface area contributed by atoms with Crippen LogP contribution >= 0.6 is 0 Å². The van der Waals surface area contributed by atoms with Gasteiger partial charge in [-0.3, -0.25) is 4.79 Å². The minimum Gasteiger partial charge on any atom is -0.368 e. The summed E-state index contributed by atoms with van der Waals surface area (Å²) in [5, 5.41) is 10.9. The molecule has 1 aliphatic heterocycles. The van der Waals surface area contributed by atoms with Crippen molar-refractivity contribution in [2.75, 3.05) is 31.1 Å². The predicted octanol–water partition coefficient (Wildman–Crippen LogP) is 1.90. The van der Waals surface area contributed by atoms with E-state index in [2.05, 4.69) is 20.4 Å². The predicted molar refractivity (Wildman–Crippen MR) is 93.6 cm³/mol. The second kappa shape index (κ2) is 7.10. The largest absolute Gasteiger partial charge is 0.368 e. The number of hydrogen-bond acceptors (Lipinski definition) is 5. The zero-order valence-corrected chi connectivity index (χ0v) is 14.3. The number of piperazine rings is 1. The molecule has 0 atom stereocenters. The Hall–Kier alpha value is -3.36. The number of aromatic nitrogens is 4. The highest BCUT2D eigenvalue weighted by Crippen LogP contribution is 2.21. The number of amides is 1. The third kappa shape index (κ3) is 3.48. The first-order valence-corrected chi connectivity index (χ1v) is 8.44. The van der Waals surface area contributed by atoms with Crippen molar-refractivity contribution in [1.29, 1.82) is 0 Å². The zero-order valence-electron chi connectivity index (χ0n) is 14.3. The molecule has 0 saturated carbocycles. The molecule has 1 aromatic heterocycles. The van der Waals surface area contributed by atoms with Gasteiger partial charge in [0.1, 0.15) is 18.0 Å². The van der Waals surface area contributed by atoms with Gasteiger partial charge >= 0.3 is 0 Å². The molecular formula is C18H16F2N6O. The summed E-state index contributed by atoms with van der Waals surface area (Å²) in [6.45, 7) is 2.16. The molecule has 0 radical (unpaired) electrons. The Labute approximate surface area is 153 Å². The average molecular weight is 370 g/mol. The normalized spacial score (nSPS) is 14.4. The molecule has 7 nitrogen and oxygen atoms in total. The number of carbonyl (C=O) groups is 1. The molecule has 4 rings (SSSR count). The number of halogens is 2. The molecule has 1 amide bonds. The summed E-state index contributed by atoms with van der Waals surface area (Å²) in [5.41, 5.74) is 1.54. The van der Waals surface area contributed by atoms with Crippen molar-refractivity contribution in [3.8, 4) is 5.69 Å². The molecule has 9 heteroatoms. The lowest BCUT2D eigenvalue weighted by Crippen LogP contribution is -2.49. The molecular weight excluding hydrogens is 354 g/mol. The Bertz CT molecular complexity index is 937. The van der Waals surface area contributed by atoms with E-state index < -0.39 is 5.82 Å². The first-order chi connectivity index (χ1) is 13.1. The maximum absolute atomic E-state index is 13.8. The Morgan fingerprint density at radius 3 is 2.30 bits per heavy atom. The SMILES string of the molecule is O=C(c1cc(F)ccc1-n1cnnn1)N1CCN(c2ccc(F)cc2)CC1. The number of carbonyl (C=O) groups excluding carboxylic acids is 1. The van der Waals surface area contributed by atoms with Gasteiger partial charge in [0.05, 0.1) is 11.3 Å². The van der Waals surface area contributed by atoms with E-state index in [1.807, 2.05) is 0 Å². The summed E-state index contributed by atoms with van der Waals surface area (Å²) < 4.78 is 28.2. The van der Waals surface area contributed by atoms with Crippen molar-refractivity contribution in [2.24, 2.45) is 0 Å². The highest BCUT2D eigenvalue weighted by atomic mass is 19.1. The van der Waals surface area contributed by atoms with Crippen LogP contribution in [0.2, 0.25) is 0 Å². The second-order valence-electron chi connectivity index (χ2n) is 6.17. The second-order valence-corrected chi connectivity index (χ2v) is 6.17. The Balaban J connectivity index is 1.52. The number of benzene rings is 2. The Morgan fingerprint density at radius 1 is 0.926 bits per heavy atom. The monoisotopic (exact) mass is 370 g/mol. The average Bonchev–Trinajstić information content (AvgIpc) is 3.23. The number of rotatable bonds is 3. The molecule has 1 saturated heterocycles. The van der Waals surface area contributed by atoms with Crippen molar-refractivity contribution >= 4 is 11.6 Å². The van der Waals surface area contributed by atoms with Crippen molar-refractivity contribution < 1.29 is 13.6 Å². The van der Waals surface area contributed by atoms with E-state index in [9.17, 15) is 13.6 Å². The Kier molecular flexibility index (Phi) is 4.49. The molecule has 0 unspecified atom stereocenters. The van der Waals surface area contributed by atoms with Gasteiger partial charge in [0.25, 0.3) is 5.91 Å². The van der Waals surface area contributed by atoms with Gasteiger partial charge in [-0.15, -0.1) is 5.10 Å². The fourth-order valence-electron chi connectivity index (χ4n) is 3.14. The van der Waals surface area contributed by atoms with Gasteiger partial charge in [0.2, 0.25) is 0 Å². The molecule has 1 fully saturated rings. The van der Waals surface area contributed by atoms with Crippen LogP contribution in [-0.2, 0) is 0 Å². The summed E-state index contributed by atoms with van der Waals surface area (Å²) >= 11 is 0. The quantitative estimate of drug-likeness (QED) is 0.705. The van der Waals surface area contributed by atoms with Crippen LogP contribution in [0.15, 0.2) is 48.8 Å². The molecule has 0 N–H and O–H groups in total. The molecule has 3 aromatic rings. The highest BCUT2D eigenvalue weighted by Gasteiger charge is 2.25. The van der Waals surface area contributed by atoms with Gasteiger partial charge in [0.15, 0.2) is 0 Å². The van der Waals surface area contributed by atoms with Gasteiger partial charge in [-0.2, -0.15) is 4.68 Å². The van der Waals surface area contributed by atoms with Crippen molar-refractivity contribution in [1.82, 2.24) is 25.1 Å². The third-order valence-corrected chi connectivity index (χ3v) is 4.54. The number of tetrazole rings is 1. The van der Waals surface area contributed by atoms with Crippen LogP contribution in [0.1, 0.15) is 10.4 Å². The van der Waals surface area contributed by atoms with Crippen LogP contribution in [0.4, 0.5) is 14.5 Å². The fraction of sp³-hybridized carbons (Fsp3) is 0.222. The van der Waals surface area contributed by atoms with E-state index in [4.69, 9.17) is 0 Å². The van der Waals surface area contributed by atoms with E-state index in [-0.39, 0.29) is 17.3 Å². The maximum atomic E-state index is 13.8. The molecule has 138 valence electrons. The van der Waals surface area contributed by atoms with E-state index in [0.29, 0.717) is 31.9 Å². The first-order valence-electron chi connectivity index (χ1n) is 8.44. The zero-order chi connectivity index (χ0) is 18.8. The third-order valence-electron chi connectivity index (χ3n) is 4.54. The molecule has 0 aliphatic carbocycles. The lowest BCUT2D eigenvalue weighted by Gasteiger charge is -2.36. The van der Waals surface area contributed by atoms with Crippen molar-refractivity contribution in [3.05, 3.63) is 66.0 Å². The van der Waals surface area contributed by atoms with Crippen molar-refractivity contribution in [2.45, 2.75) is 0 Å². The lowest BCUT2D eigenvalue weighted by atomic mass is 10.1. The van der Waals surface area contributed by atoms with E-state index >= 15 is 0 Å². The summed E-state index contributed by atoms with van der Waals surface area (Å²) in [6.07, 6.45) is 1.36. The minimum atomic E-state index is -0.500. The Morgan fingerprint density at radius 2 is 1.63 bits per heavy atom. The van der Waals surface area contributed by atoms with Crippen LogP contribution in [0.3, 0.4) is 0 Å². The van der Waals surface area contributed by atoms with E-state index in [1.165, 1.54) is 41.3 Å². The van der Waals surface area contributed by atoms with Crippen LogP contribution in [0.5, 0.6) is 0 Å². The van der Waals surface area contributed by atoms with Gasteiger partial charge in [-0.1, -0.05) is 0 Å². The van der Waals surface area contributed by atoms with Gasteiger partial charge in [-0.25, -0.2) is 8.78 Å². The molecule has 1 aliphatic rings.